The fourth-order valence-electron chi connectivity index (χ4n) is 4.05. The van der Waals surface area contributed by atoms with Crippen LogP contribution in [0.4, 0.5) is 0 Å². The molecule has 146 valence electrons. The van der Waals surface area contributed by atoms with Crippen molar-refractivity contribution >= 4 is 17.2 Å². The van der Waals surface area contributed by atoms with Crippen molar-refractivity contribution in [3.63, 3.8) is 0 Å². The Morgan fingerprint density at radius 3 is 2.58 bits per heavy atom. The second kappa shape index (κ2) is 9.31. The lowest BCUT2D eigenvalue weighted by molar-refractivity contribution is -0.125. The zero-order valence-electron chi connectivity index (χ0n) is 15.3. The minimum atomic E-state index is -0.915. The van der Waals surface area contributed by atoms with Crippen LogP contribution in [-0.2, 0) is 11.2 Å². The Labute approximate surface area is 160 Å². The summed E-state index contributed by atoms with van der Waals surface area (Å²) in [4.78, 5) is 13.7. The molecule has 1 aromatic rings. The Bertz CT molecular complexity index is 555. The van der Waals surface area contributed by atoms with Crippen molar-refractivity contribution in [1.29, 1.82) is 0 Å². The molecular weight excluding hydrogens is 348 g/mol. The van der Waals surface area contributed by atoms with Gasteiger partial charge in [-0.05, 0) is 42.5 Å². The van der Waals surface area contributed by atoms with E-state index in [-0.39, 0.29) is 11.8 Å². The lowest BCUT2D eigenvalue weighted by Gasteiger charge is -2.33. The van der Waals surface area contributed by atoms with Crippen molar-refractivity contribution in [2.75, 3.05) is 0 Å². The monoisotopic (exact) mass is 380 g/mol. The van der Waals surface area contributed by atoms with E-state index >= 15 is 0 Å². The van der Waals surface area contributed by atoms with E-state index in [1.807, 2.05) is 17.5 Å². The maximum absolute atomic E-state index is 12.6. The molecule has 5 nitrogen and oxygen atoms in total. The Balaban J connectivity index is 1.60. The van der Waals surface area contributed by atoms with Gasteiger partial charge in [-0.15, -0.1) is 11.3 Å². The highest BCUT2D eigenvalue weighted by molar-refractivity contribution is 7.09. The molecule has 2 aliphatic carbocycles. The zero-order valence-corrected chi connectivity index (χ0v) is 16.2. The molecule has 5 N–H and O–H groups in total. The molecule has 2 fully saturated rings. The average Bonchev–Trinajstić information content (AvgIpc) is 3.38. The van der Waals surface area contributed by atoms with Crippen molar-refractivity contribution < 1.29 is 15.0 Å². The fourth-order valence-corrected chi connectivity index (χ4v) is 4.81. The van der Waals surface area contributed by atoms with Crippen LogP contribution >= 0.6 is 11.3 Å². The van der Waals surface area contributed by atoms with E-state index in [0.717, 1.165) is 37.0 Å². The normalized spacial score (nSPS) is 23.2. The molecule has 3 rings (SSSR count). The van der Waals surface area contributed by atoms with E-state index in [0.29, 0.717) is 12.3 Å². The van der Waals surface area contributed by atoms with Crippen LogP contribution in [0.2, 0.25) is 0 Å². The zero-order chi connectivity index (χ0) is 18.5. The lowest BCUT2D eigenvalue weighted by atomic mass is 9.82. The molecule has 0 spiro atoms. The van der Waals surface area contributed by atoms with Gasteiger partial charge >= 0.3 is 0 Å². The highest BCUT2D eigenvalue weighted by Crippen LogP contribution is 2.36. The van der Waals surface area contributed by atoms with Gasteiger partial charge in [0.2, 0.25) is 5.91 Å². The number of hydrogen-bond donors (Lipinski definition) is 4. The Hall–Kier alpha value is -0.950. The summed E-state index contributed by atoms with van der Waals surface area (Å²) in [5.41, 5.74) is 6.09. The largest absolute Gasteiger partial charge is 0.390 e. The Kier molecular flexibility index (Phi) is 7.09. The summed E-state index contributed by atoms with van der Waals surface area (Å²) in [7, 11) is 0. The van der Waals surface area contributed by atoms with Gasteiger partial charge < -0.3 is 21.3 Å². The van der Waals surface area contributed by atoms with Crippen LogP contribution in [0.1, 0.15) is 56.2 Å². The molecule has 4 atom stereocenters. The Morgan fingerprint density at radius 2 is 1.96 bits per heavy atom. The van der Waals surface area contributed by atoms with Gasteiger partial charge in [-0.1, -0.05) is 38.2 Å². The number of aliphatic hydroxyl groups is 2. The summed E-state index contributed by atoms with van der Waals surface area (Å²) in [5, 5.41) is 26.0. The van der Waals surface area contributed by atoms with Crippen molar-refractivity contribution in [1.82, 2.24) is 5.32 Å². The van der Waals surface area contributed by atoms with Crippen LogP contribution in [0.25, 0.3) is 0 Å². The number of nitrogens with two attached hydrogens (primary N) is 1. The molecule has 0 bridgehead atoms. The smallest absolute Gasteiger partial charge is 0.237 e. The standard InChI is InChI=1S/C20H32N2O3S/c21-16(12-15-7-4-10-26-15)20(25)22-17(11-13-5-2-1-3-6-13)19(24)18(23)14-8-9-14/h4,7,10,13-14,16-19,23-24H,1-3,5-6,8-9,11-12,21H2,(H,22,25)/t16?,17-,18-,19+/m0/s1. The van der Waals surface area contributed by atoms with Crippen molar-refractivity contribution in [3.05, 3.63) is 22.4 Å². The first kappa shape index (κ1) is 19.8. The minimum Gasteiger partial charge on any atom is -0.390 e. The first-order valence-corrected chi connectivity index (χ1v) is 10.9. The molecule has 2 saturated carbocycles. The summed E-state index contributed by atoms with van der Waals surface area (Å²) in [6.07, 6.45) is 7.45. The molecule has 0 aliphatic heterocycles. The first-order valence-electron chi connectivity index (χ1n) is 9.99. The van der Waals surface area contributed by atoms with Crippen LogP contribution in [-0.4, -0.2) is 40.4 Å². The molecule has 0 aromatic carbocycles. The predicted molar refractivity (Wildman–Crippen MR) is 104 cm³/mol. The van der Waals surface area contributed by atoms with E-state index in [9.17, 15) is 15.0 Å². The van der Waals surface area contributed by atoms with Gasteiger partial charge in [-0.3, -0.25) is 4.79 Å². The third-order valence-corrected chi connectivity index (χ3v) is 6.74. The number of aliphatic hydroxyl groups excluding tert-OH is 2. The lowest BCUT2D eigenvalue weighted by Crippen LogP contribution is -2.54. The summed E-state index contributed by atoms with van der Waals surface area (Å²) >= 11 is 1.59. The van der Waals surface area contributed by atoms with E-state index in [1.165, 1.54) is 19.3 Å². The van der Waals surface area contributed by atoms with E-state index in [1.54, 1.807) is 11.3 Å². The number of rotatable bonds is 9. The highest BCUT2D eigenvalue weighted by Gasteiger charge is 2.39. The van der Waals surface area contributed by atoms with Crippen molar-refractivity contribution in [2.45, 2.75) is 82.1 Å². The molecule has 1 heterocycles. The van der Waals surface area contributed by atoms with Crippen molar-refractivity contribution in [2.24, 2.45) is 17.6 Å². The summed E-state index contributed by atoms with van der Waals surface area (Å²) in [6.45, 7) is 0. The molecule has 1 unspecified atom stereocenters. The molecule has 26 heavy (non-hydrogen) atoms. The average molecular weight is 381 g/mol. The number of carbonyl (C=O) groups is 1. The van der Waals surface area contributed by atoms with Gasteiger partial charge in [0.1, 0.15) is 6.10 Å². The number of hydrogen-bond acceptors (Lipinski definition) is 5. The van der Waals surface area contributed by atoms with Gasteiger partial charge in [-0.2, -0.15) is 0 Å². The maximum atomic E-state index is 12.6. The number of thiophene rings is 1. The number of nitrogens with one attached hydrogen (secondary N) is 1. The van der Waals surface area contributed by atoms with Gasteiger partial charge in [-0.25, -0.2) is 0 Å². The van der Waals surface area contributed by atoms with Crippen LogP contribution in [0.3, 0.4) is 0 Å². The SMILES string of the molecule is NC(Cc1cccs1)C(=O)N[C@@H](CC1CCCCC1)[C@@H](O)[C@@H](O)C1CC1. The number of carbonyl (C=O) groups excluding carboxylic acids is 1. The van der Waals surface area contributed by atoms with E-state index in [2.05, 4.69) is 5.32 Å². The third-order valence-electron chi connectivity index (χ3n) is 5.84. The number of amides is 1. The first-order chi connectivity index (χ1) is 12.5. The fraction of sp³-hybridized carbons (Fsp3) is 0.750. The summed E-state index contributed by atoms with van der Waals surface area (Å²) < 4.78 is 0. The van der Waals surface area contributed by atoms with Gasteiger partial charge in [0, 0.05) is 11.3 Å². The highest BCUT2D eigenvalue weighted by atomic mass is 32.1. The van der Waals surface area contributed by atoms with Gasteiger partial charge in [0.15, 0.2) is 0 Å². The summed E-state index contributed by atoms with van der Waals surface area (Å²) in [6, 6.07) is 2.87. The summed E-state index contributed by atoms with van der Waals surface area (Å²) in [5.74, 6) is 0.445. The topological polar surface area (TPSA) is 95.6 Å². The van der Waals surface area contributed by atoms with Gasteiger partial charge in [0.05, 0.1) is 18.2 Å². The van der Waals surface area contributed by atoms with Crippen LogP contribution < -0.4 is 11.1 Å². The van der Waals surface area contributed by atoms with Gasteiger partial charge in [0.25, 0.3) is 0 Å². The van der Waals surface area contributed by atoms with Crippen LogP contribution in [0.5, 0.6) is 0 Å². The second-order valence-corrected chi connectivity index (χ2v) is 9.10. The maximum Gasteiger partial charge on any atom is 0.237 e. The molecule has 0 saturated heterocycles. The van der Waals surface area contributed by atoms with Crippen molar-refractivity contribution in [3.8, 4) is 0 Å². The predicted octanol–water partition coefficient (Wildman–Crippen LogP) is 2.20. The molecule has 1 amide bonds. The molecular formula is C20H32N2O3S. The second-order valence-electron chi connectivity index (χ2n) is 8.06. The Morgan fingerprint density at radius 1 is 1.23 bits per heavy atom. The molecule has 0 radical (unpaired) electrons. The van der Waals surface area contributed by atoms with E-state index < -0.39 is 24.3 Å². The van der Waals surface area contributed by atoms with E-state index in [4.69, 9.17) is 5.73 Å². The minimum absolute atomic E-state index is 0.176. The molecule has 6 heteroatoms. The molecule has 1 aromatic heterocycles. The molecule has 2 aliphatic rings. The van der Waals surface area contributed by atoms with Crippen LogP contribution in [0, 0.1) is 11.8 Å². The third kappa shape index (κ3) is 5.52. The van der Waals surface area contributed by atoms with Crippen LogP contribution in [0.15, 0.2) is 17.5 Å². The quantitative estimate of drug-likeness (QED) is 0.528.